The first kappa shape index (κ1) is 22.9. The first-order valence-corrected chi connectivity index (χ1v) is 11.6. The van der Waals surface area contributed by atoms with Crippen LogP contribution in [0.25, 0.3) is 10.4 Å². The van der Waals surface area contributed by atoms with Crippen molar-refractivity contribution in [1.29, 1.82) is 0 Å². The van der Waals surface area contributed by atoms with Crippen molar-refractivity contribution >= 4 is 23.2 Å². The molecule has 1 aromatic heterocycles. The summed E-state index contributed by atoms with van der Waals surface area (Å²) in [6, 6.07) is 14.8. The second-order valence-electron chi connectivity index (χ2n) is 8.43. The zero-order chi connectivity index (χ0) is 23.6. The van der Waals surface area contributed by atoms with Gasteiger partial charge in [-0.3, -0.25) is 9.59 Å². The van der Waals surface area contributed by atoms with Gasteiger partial charge in [-0.1, -0.05) is 30.3 Å². The quantitative estimate of drug-likeness (QED) is 0.582. The number of rotatable bonds is 6. The second kappa shape index (κ2) is 9.33. The van der Waals surface area contributed by atoms with Crippen LogP contribution in [0, 0.1) is 6.92 Å². The predicted octanol–water partition coefficient (Wildman–Crippen LogP) is 3.41. The average Bonchev–Trinajstić information content (AvgIpc) is 3.39. The fraction of sp³-hybridized carbons (Fsp3) is 0.320. The van der Waals surface area contributed by atoms with Crippen LogP contribution < -0.4 is 10.1 Å². The van der Waals surface area contributed by atoms with Crippen molar-refractivity contribution in [2.75, 3.05) is 13.7 Å². The number of benzene rings is 2. The van der Waals surface area contributed by atoms with Crippen LogP contribution in [0.1, 0.15) is 35.0 Å². The molecule has 8 heteroatoms. The Hall–Kier alpha value is -3.23. The van der Waals surface area contributed by atoms with Gasteiger partial charge in [-0.25, -0.2) is 4.98 Å². The summed E-state index contributed by atoms with van der Waals surface area (Å²) in [4.78, 5) is 33.3. The van der Waals surface area contributed by atoms with Crippen molar-refractivity contribution in [2.45, 2.75) is 38.5 Å². The van der Waals surface area contributed by atoms with Crippen LogP contribution in [-0.2, 0) is 11.3 Å². The number of hydrogen-bond acceptors (Lipinski definition) is 6. The van der Waals surface area contributed by atoms with Crippen molar-refractivity contribution < 1.29 is 19.4 Å². The van der Waals surface area contributed by atoms with Crippen LogP contribution in [0.2, 0.25) is 0 Å². The topological polar surface area (TPSA) is 91.8 Å². The molecule has 0 spiro atoms. The van der Waals surface area contributed by atoms with E-state index >= 15 is 0 Å². The standard InChI is InChI=1S/C25H27N3O4S/c1-16-22(33-15-27-16)18-9-7-17(8-10-18)13-26-24(31)25(2)12-20(29)14-28(25)23(30)19-5-4-6-21(11-19)32-3/h4-11,15,20,29H,12-14H2,1-3H3,(H,26,31)/t20-,25?/m1/s1. The number of carbonyl (C=O) groups is 2. The molecular weight excluding hydrogens is 438 g/mol. The Labute approximate surface area is 197 Å². The van der Waals surface area contributed by atoms with Crippen LogP contribution in [0.4, 0.5) is 0 Å². The normalized spacial score (nSPS) is 20.0. The Kier molecular flexibility index (Phi) is 6.49. The van der Waals surface area contributed by atoms with Gasteiger partial charge in [-0.2, -0.15) is 0 Å². The first-order chi connectivity index (χ1) is 15.8. The van der Waals surface area contributed by atoms with E-state index in [4.69, 9.17) is 4.74 Å². The largest absolute Gasteiger partial charge is 0.497 e. The zero-order valence-electron chi connectivity index (χ0n) is 18.9. The number of amides is 2. The summed E-state index contributed by atoms with van der Waals surface area (Å²) in [6.07, 6.45) is -0.588. The highest BCUT2D eigenvalue weighted by Gasteiger charge is 2.49. The minimum atomic E-state index is -1.15. The van der Waals surface area contributed by atoms with Gasteiger partial charge in [0.1, 0.15) is 11.3 Å². The van der Waals surface area contributed by atoms with E-state index in [1.165, 1.54) is 12.0 Å². The molecule has 172 valence electrons. The molecule has 1 fully saturated rings. The van der Waals surface area contributed by atoms with Gasteiger partial charge in [0, 0.05) is 25.1 Å². The van der Waals surface area contributed by atoms with Gasteiger partial charge in [0.05, 0.1) is 29.3 Å². The summed E-state index contributed by atoms with van der Waals surface area (Å²) in [5.41, 5.74) is 4.12. The van der Waals surface area contributed by atoms with Gasteiger partial charge >= 0.3 is 0 Å². The Bertz CT molecular complexity index is 1160. The van der Waals surface area contributed by atoms with Gasteiger partial charge < -0.3 is 20.1 Å². The summed E-state index contributed by atoms with van der Waals surface area (Å²) in [6.45, 7) is 4.11. The van der Waals surface area contributed by atoms with E-state index in [0.717, 1.165) is 21.7 Å². The second-order valence-corrected chi connectivity index (χ2v) is 9.28. The number of aliphatic hydroxyl groups excluding tert-OH is 1. The maximum absolute atomic E-state index is 13.2. The van der Waals surface area contributed by atoms with Gasteiger partial charge in [-0.15, -0.1) is 11.3 Å². The van der Waals surface area contributed by atoms with Crippen LogP contribution in [0.5, 0.6) is 5.75 Å². The predicted molar refractivity (Wildman–Crippen MR) is 127 cm³/mol. The molecule has 7 nitrogen and oxygen atoms in total. The summed E-state index contributed by atoms with van der Waals surface area (Å²) < 4.78 is 5.21. The lowest BCUT2D eigenvalue weighted by molar-refractivity contribution is -0.130. The van der Waals surface area contributed by atoms with Crippen molar-refractivity contribution in [1.82, 2.24) is 15.2 Å². The van der Waals surface area contributed by atoms with Crippen molar-refractivity contribution in [2.24, 2.45) is 0 Å². The Morgan fingerprint density at radius 1 is 1.27 bits per heavy atom. The number of likely N-dealkylation sites (tertiary alicyclic amines) is 1. The summed E-state index contributed by atoms with van der Waals surface area (Å²) in [5.74, 6) is -0.0474. The number of β-amino-alcohol motifs (C(OH)–C–C–N with tert-alkyl or cyclic N) is 1. The molecule has 0 radical (unpaired) electrons. The highest BCUT2D eigenvalue weighted by atomic mass is 32.1. The number of aliphatic hydroxyl groups is 1. The summed E-state index contributed by atoms with van der Waals surface area (Å²) in [5, 5.41) is 13.3. The number of ether oxygens (including phenoxy) is 1. The van der Waals surface area contributed by atoms with Crippen molar-refractivity contribution in [3.8, 4) is 16.2 Å². The maximum atomic E-state index is 13.2. The molecule has 1 saturated heterocycles. The van der Waals surface area contributed by atoms with E-state index in [1.54, 1.807) is 42.5 Å². The molecule has 3 aromatic rings. The highest BCUT2D eigenvalue weighted by molar-refractivity contribution is 7.13. The van der Waals surface area contributed by atoms with Gasteiger partial charge in [0.2, 0.25) is 5.91 Å². The van der Waals surface area contributed by atoms with Crippen molar-refractivity contribution in [3.05, 3.63) is 70.9 Å². The van der Waals surface area contributed by atoms with E-state index in [9.17, 15) is 14.7 Å². The third-order valence-electron chi connectivity index (χ3n) is 6.09. The number of carbonyl (C=O) groups excluding carboxylic acids is 2. The van der Waals surface area contributed by atoms with Crippen LogP contribution in [0.15, 0.2) is 54.0 Å². The minimum Gasteiger partial charge on any atom is -0.497 e. The summed E-state index contributed by atoms with van der Waals surface area (Å²) >= 11 is 1.60. The third kappa shape index (κ3) is 4.62. The monoisotopic (exact) mass is 465 g/mol. The lowest BCUT2D eigenvalue weighted by Gasteiger charge is -2.33. The van der Waals surface area contributed by atoms with E-state index in [0.29, 0.717) is 17.9 Å². The number of thiazole rings is 1. The average molecular weight is 466 g/mol. The van der Waals surface area contributed by atoms with Gasteiger partial charge in [0.15, 0.2) is 0 Å². The summed E-state index contributed by atoms with van der Waals surface area (Å²) in [7, 11) is 1.53. The van der Waals surface area contributed by atoms with Crippen molar-refractivity contribution in [3.63, 3.8) is 0 Å². The Morgan fingerprint density at radius 2 is 2.03 bits per heavy atom. The lowest BCUT2D eigenvalue weighted by Crippen LogP contribution is -2.55. The third-order valence-corrected chi connectivity index (χ3v) is 7.07. The van der Waals surface area contributed by atoms with E-state index in [-0.39, 0.29) is 24.8 Å². The van der Waals surface area contributed by atoms with Crippen LogP contribution in [-0.4, -0.2) is 52.1 Å². The lowest BCUT2D eigenvalue weighted by atomic mass is 9.95. The number of aromatic nitrogens is 1. The van der Waals surface area contributed by atoms with E-state index < -0.39 is 11.6 Å². The van der Waals surface area contributed by atoms with Gasteiger partial charge in [-0.05, 0) is 43.2 Å². The van der Waals surface area contributed by atoms with E-state index in [2.05, 4.69) is 10.3 Å². The number of hydrogen-bond donors (Lipinski definition) is 2. The van der Waals surface area contributed by atoms with Crippen LogP contribution >= 0.6 is 11.3 Å². The molecule has 0 saturated carbocycles. The molecule has 1 aliphatic heterocycles. The fourth-order valence-electron chi connectivity index (χ4n) is 4.21. The molecule has 2 heterocycles. The number of nitrogens with one attached hydrogen (secondary N) is 1. The molecule has 2 N–H and O–H groups in total. The van der Waals surface area contributed by atoms with E-state index in [1.807, 2.05) is 36.7 Å². The molecular formula is C25H27N3O4S. The highest BCUT2D eigenvalue weighted by Crippen LogP contribution is 2.32. The number of nitrogens with zero attached hydrogens (tertiary/aromatic N) is 2. The molecule has 1 unspecified atom stereocenters. The molecule has 0 bridgehead atoms. The number of aryl methyl sites for hydroxylation is 1. The minimum absolute atomic E-state index is 0.100. The fourth-order valence-corrected chi connectivity index (χ4v) is 5.02. The molecule has 0 aliphatic carbocycles. The SMILES string of the molecule is COc1cccc(C(=O)N2C[C@H](O)CC2(C)C(=O)NCc2ccc(-c3scnc3C)cc2)c1. The zero-order valence-corrected chi connectivity index (χ0v) is 19.7. The molecule has 2 atom stereocenters. The smallest absolute Gasteiger partial charge is 0.254 e. The number of methoxy groups -OCH3 is 1. The maximum Gasteiger partial charge on any atom is 0.254 e. The first-order valence-electron chi connectivity index (χ1n) is 10.7. The molecule has 4 rings (SSSR count). The Balaban J connectivity index is 1.46. The van der Waals surface area contributed by atoms with Gasteiger partial charge in [0.25, 0.3) is 5.91 Å². The van der Waals surface area contributed by atoms with Crippen LogP contribution in [0.3, 0.4) is 0 Å². The molecule has 2 aromatic carbocycles. The molecule has 2 amide bonds. The molecule has 1 aliphatic rings. The Morgan fingerprint density at radius 3 is 2.70 bits per heavy atom. The molecule has 33 heavy (non-hydrogen) atoms.